The maximum Gasteiger partial charge on any atom is 0.105 e. The first-order chi connectivity index (χ1) is 15.4. The van der Waals surface area contributed by atoms with Crippen molar-refractivity contribution in [1.29, 1.82) is 0 Å². The molecule has 1 aliphatic heterocycles. The van der Waals surface area contributed by atoms with Crippen LogP contribution in [0.1, 0.15) is 54.3 Å². The van der Waals surface area contributed by atoms with E-state index < -0.39 is 0 Å². The fourth-order valence-corrected chi connectivity index (χ4v) is 5.72. The summed E-state index contributed by atoms with van der Waals surface area (Å²) in [7, 11) is 0. The summed E-state index contributed by atoms with van der Waals surface area (Å²) in [4.78, 5) is 7.16. The molecule has 1 atom stereocenters. The van der Waals surface area contributed by atoms with E-state index in [1.165, 1.54) is 16.0 Å². The molecule has 0 bridgehead atoms. The molecule has 1 aliphatic rings. The minimum absolute atomic E-state index is 0.0383. The highest BCUT2D eigenvalue weighted by Gasteiger charge is 2.25. The number of nitrogens with zero attached hydrogens (tertiary/aromatic N) is 1. The summed E-state index contributed by atoms with van der Waals surface area (Å²) in [5.74, 6) is 0.683. The number of fused-ring (bicyclic) bond motifs is 1. The van der Waals surface area contributed by atoms with E-state index in [-0.39, 0.29) is 6.04 Å². The average Bonchev–Trinajstić information content (AvgIpc) is 3.11. The molecule has 32 heavy (non-hydrogen) atoms. The molecule has 1 unspecified atom stereocenters. The van der Waals surface area contributed by atoms with Crippen molar-refractivity contribution in [2.75, 3.05) is 5.32 Å². The summed E-state index contributed by atoms with van der Waals surface area (Å²) in [6.45, 7) is 6.64. The molecule has 1 N–H and O–H groups in total. The zero-order valence-electron chi connectivity index (χ0n) is 18.8. The maximum atomic E-state index is 6.57. The molecule has 2 heterocycles. The van der Waals surface area contributed by atoms with Gasteiger partial charge in [0.25, 0.3) is 0 Å². The second kappa shape index (κ2) is 10.3. The molecular formula is C27H29ClN2S2. The van der Waals surface area contributed by atoms with Gasteiger partial charge < -0.3 is 5.32 Å². The second-order valence-electron chi connectivity index (χ2n) is 8.74. The van der Waals surface area contributed by atoms with Gasteiger partial charge in [-0.3, -0.25) is 4.99 Å². The Kier molecular flexibility index (Phi) is 7.44. The summed E-state index contributed by atoms with van der Waals surface area (Å²) < 4.78 is 0. The molecule has 3 aromatic rings. The van der Waals surface area contributed by atoms with E-state index in [0.717, 1.165) is 52.5 Å². The molecule has 5 heteroatoms. The number of nitrogens with one attached hydrogen (secondary N) is 1. The van der Waals surface area contributed by atoms with Crippen molar-refractivity contribution in [3.8, 4) is 0 Å². The Morgan fingerprint density at radius 3 is 2.44 bits per heavy atom. The van der Waals surface area contributed by atoms with Crippen molar-refractivity contribution in [3.05, 3.63) is 86.8 Å². The fraction of sp³-hybridized carbons (Fsp3) is 0.333. The topological polar surface area (TPSA) is 24.4 Å². The maximum absolute atomic E-state index is 6.57. The van der Waals surface area contributed by atoms with Crippen LogP contribution in [0.15, 0.2) is 59.6 Å². The SMILES string of the molecule is CCC1N=C(c2ccccc2Cl)c2cc(CCc3ccc(CC(C)C)cc3)sc2NC1=S. The Hall–Kier alpha value is -2.01. The van der Waals surface area contributed by atoms with Crippen LogP contribution in [0.2, 0.25) is 5.02 Å². The first-order valence-electron chi connectivity index (χ1n) is 11.3. The Morgan fingerprint density at radius 1 is 1.03 bits per heavy atom. The first-order valence-corrected chi connectivity index (χ1v) is 12.9. The molecule has 0 saturated heterocycles. The lowest BCUT2D eigenvalue weighted by atomic mass is 10.00. The van der Waals surface area contributed by atoms with Crippen LogP contribution >= 0.6 is 35.2 Å². The number of aliphatic imine (C=N–C) groups is 1. The number of benzene rings is 2. The Balaban J connectivity index is 1.59. The molecule has 2 aromatic carbocycles. The smallest absolute Gasteiger partial charge is 0.105 e. The average molecular weight is 481 g/mol. The zero-order chi connectivity index (χ0) is 22.7. The third-order valence-corrected chi connectivity index (χ3v) is 7.52. The summed E-state index contributed by atoms with van der Waals surface area (Å²) in [6.07, 6.45) is 3.99. The normalized spacial score (nSPS) is 15.8. The molecule has 4 rings (SSSR count). The van der Waals surface area contributed by atoms with Crippen molar-refractivity contribution in [1.82, 2.24) is 0 Å². The van der Waals surface area contributed by atoms with Gasteiger partial charge in [-0.15, -0.1) is 11.3 Å². The van der Waals surface area contributed by atoms with Crippen LogP contribution < -0.4 is 5.32 Å². The fourth-order valence-electron chi connectivity index (χ4n) is 4.04. The lowest BCUT2D eigenvalue weighted by molar-refractivity contribution is 0.647. The molecule has 1 aromatic heterocycles. The first kappa shape index (κ1) is 23.2. The number of thiocarbonyl (C=S) groups is 1. The van der Waals surface area contributed by atoms with E-state index in [2.05, 4.69) is 56.4 Å². The van der Waals surface area contributed by atoms with E-state index >= 15 is 0 Å². The lowest BCUT2D eigenvalue weighted by Crippen LogP contribution is -2.22. The van der Waals surface area contributed by atoms with Gasteiger partial charge in [0.15, 0.2) is 0 Å². The van der Waals surface area contributed by atoms with E-state index in [9.17, 15) is 0 Å². The van der Waals surface area contributed by atoms with Crippen LogP contribution in [0.5, 0.6) is 0 Å². The molecule has 0 saturated carbocycles. The van der Waals surface area contributed by atoms with Gasteiger partial charge in [0.05, 0.1) is 5.71 Å². The predicted molar refractivity (Wildman–Crippen MR) is 144 cm³/mol. The van der Waals surface area contributed by atoms with Gasteiger partial charge in [-0.1, -0.05) is 87.1 Å². The Labute approximate surface area is 205 Å². The number of rotatable bonds is 7. The highest BCUT2D eigenvalue weighted by atomic mass is 35.5. The molecule has 0 radical (unpaired) electrons. The van der Waals surface area contributed by atoms with Crippen LogP contribution in [0.3, 0.4) is 0 Å². The molecule has 0 fully saturated rings. The van der Waals surface area contributed by atoms with Crippen LogP contribution in [0, 0.1) is 5.92 Å². The number of anilines is 1. The predicted octanol–water partition coefficient (Wildman–Crippen LogP) is 7.75. The molecule has 0 amide bonds. The van der Waals surface area contributed by atoms with Gasteiger partial charge in [-0.25, -0.2) is 0 Å². The minimum atomic E-state index is -0.0383. The van der Waals surface area contributed by atoms with Gasteiger partial charge in [-0.2, -0.15) is 0 Å². The molecule has 0 spiro atoms. The summed E-state index contributed by atoms with van der Waals surface area (Å²) in [5, 5.41) is 5.27. The lowest BCUT2D eigenvalue weighted by Gasteiger charge is -2.11. The number of hydrogen-bond acceptors (Lipinski definition) is 3. The molecular weight excluding hydrogens is 452 g/mol. The third-order valence-electron chi connectivity index (χ3n) is 5.71. The van der Waals surface area contributed by atoms with Crippen LogP contribution in [-0.4, -0.2) is 16.7 Å². The van der Waals surface area contributed by atoms with Gasteiger partial charge in [0.1, 0.15) is 16.0 Å². The van der Waals surface area contributed by atoms with Gasteiger partial charge in [-0.05, 0) is 54.9 Å². The van der Waals surface area contributed by atoms with Crippen LogP contribution in [0.25, 0.3) is 0 Å². The zero-order valence-corrected chi connectivity index (χ0v) is 21.2. The van der Waals surface area contributed by atoms with Crippen molar-refractivity contribution in [2.45, 2.75) is 52.5 Å². The van der Waals surface area contributed by atoms with E-state index in [0.29, 0.717) is 10.9 Å². The number of aryl methyl sites for hydroxylation is 2. The number of halogens is 1. The molecule has 166 valence electrons. The van der Waals surface area contributed by atoms with Gasteiger partial charge in [0.2, 0.25) is 0 Å². The molecule has 0 aliphatic carbocycles. The van der Waals surface area contributed by atoms with Crippen LogP contribution in [0.4, 0.5) is 5.00 Å². The highest BCUT2D eigenvalue weighted by Crippen LogP contribution is 2.35. The van der Waals surface area contributed by atoms with E-state index in [1.54, 1.807) is 11.3 Å². The summed E-state index contributed by atoms with van der Waals surface area (Å²) in [6, 6.07) is 19.2. The summed E-state index contributed by atoms with van der Waals surface area (Å²) >= 11 is 14.0. The number of hydrogen-bond donors (Lipinski definition) is 1. The third kappa shape index (κ3) is 5.31. The largest absolute Gasteiger partial charge is 0.339 e. The van der Waals surface area contributed by atoms with Gasteiger partial charge >= 0.3 is 0 Å². The van der Waals surface area contributed by atoms with E-state index in [4.69, 9.17) is 28.8 Å². The van der Waals surface area contributed by atoms with Crippen molar-refractivity contribution in [3.63, 3.8) is 0 Å². The monoisotopic (exact) mass is 480 g/mol. The van der Waals surface area contributed by atoms with Gasteiger partial charge in [0, 0.05) is 21.0 Å². The summed E-state index contributed by atoms with van der Waals surface area (Å²) in [5.41, 5.74) is 5.78. The molecule has 2 nitrogen and oxygen atoms in total. The van der Waals surface area contributed by atoms with Crippen molar-refractivity contribution >= 4 is 50.9 Å². The highest BCUT2D eigenvalue weighted by molar-refractivity contribution is 7.80. The van der Waals surface area contributed by atoms with Crippen molar-refractivity contribution in [2.24, 2.45) is 10.9 Å². The number of thiophene rings is 1. The van der Waals surface area contributed by atoms with Crippen molar-refractivity contribution < 1.29 is 0 Å². The Bertz CT molecular complexity index is 1130. The minimum Gasteiger partial charge on any atom is -0.339 e. The Morgan fingerprint density at radius 2 is 1.75 bits per heavy atom. The van der Waals surface area contributed by atoms with E-state index in [1.807, 2.05) is 24.3 Å². The standard InChI is InChI=1S/C27H29ClN2S2/c1-4-24-26(31)30-27-22(25(29-24)21-7-5-6-8-23(21)28)16-20(32-27)14-13-18-9-11-19(12-10-18)15-17(2)3/h5-12,16-17,24H,4,13-15H2,1-3H3,(H,30,31). The second-order valence-corrected chi connectivity index (χ2v) is 10.7. The van der Waals surface area contributed by atoms with Crippen LogP contribution in [-0.2, 0) is 19.3 Å². The quantitative estimate of drug-likeness (QED) is 0.349.